The number of hydrogen-bond donors (Lipinski definition) is 2. The fourth-order valence-corrected chi connectivity index (χ4v) is 1.83. The molecule has 0 atom stereocenters. The van der Waals surface area contributed by atoms with Crippen LogP contribution in [0.15, 0.2) is 29.4 Å². The summed E-state index contributed by atoms with van der Waals surface area (Å²) in [7, 11) is 1.80. The summed E-state index contributed by atoms with van der Waals surface area (Å²) in [5.41, 5.74) is 7.95. The zero-order valence-corrected chi connectivity index (χ0v) is 11.1. The van der Waals surface area contributed by atoms with Gasteiger partial charge in [-0.2, -0.15) is 5.10 Å². The first-order valence-corrected chi connectivity index (χ1v) is 5.79. The number of para-hydroxylation sites is 1. The smallest absolute Gasteiger partial charge is 0.217 e. The van der Waals surface area contributed by atoms with Crippen LogP contribution in [0.1, 0.15) is 16.8 Å². The molecule has 0 aliphatic rings. The average Bonchev–Trinajstić information content (AvgIpc) is 2.69. The molecule has 0 spiro atoms. The summed E-state index contributed by atoms with van der Waals surface area (Å²) in [5.74, 6) is 1.16. The normalized spacial score (nSPS) is 11.6. The number of oxime groups is 1. The lowest BCUT2D eigenvalue weighted by molar-refractivity contribution is 0.318. The summed E-state index contributed by atoms with van der Waals surface area (Å²) in [6.45, 7) is 3.78. The van der Waals surface area contributed by atoms with Crippen molar-refractivity contribution in [1.82, 2.24) is 9.78 Å². The van der Waals surface area contributed by atoms with Crippen molar-refractivity contribution >= 4 is 5.84 Å². The Morgan fingerprint density at radius 2 is 2.16 bits per heavy atom. The molecule has 6 heteroatoms. The highest BCUT2D eigenvalue weighted by atomic mass is 16.5. The van der Waals surface area contributed by atoms with Crippen molar-refractivity contribution in [3.63, 3.8) is 0 Å². The minimum Gasteiger partial charge on any atom is -0.438 e. The van der Waals surface area contributed by atoms with Crippen molar-refractivity contribution in [3.05, 3.63) is 41.1 Å². The van der Waals surface area contributed by atoms with Crippen molar-refractivity contribution < 1.29 is 9.94 Å². The zero-order valence-electron chi connectivity index (χ0n) is 11.1. The first kappa shape index (κ1) is 12.9. The Kier molecular flexibility index (Phi) is 3.41. The number of ether oxygens (including phenoxy) is 1. The van der Waals surface area contributed by atoms with E-state index >= 15 is 0 Å². The molecule has 6 nitrogen and oxygen atoms in total. The van der Waals surface area contributed by atoms with Gasteiger partial charge in [-0.3, -0.25) is 0 Å². The van der Waals surface area contributed by atoms with Gasteiger partial charge >= 0.3 is 0 Å². The molecule has 0 fully saturated rings. The molecule has 2 aromatic rings. The molecule has 1 aromatic carbocycles. The van der Waals surface area contributed by atoms with Crippen LogP contribution in [0.3, 0.4) is 0 Å². The standard InChI is InChI=1S/C13H16N4O2/c1-8-5-4-6-10(13(14)16-18)12(8)19-11-7-9(2)15-17(11)3/h4-7,18H,1-3H3,(H2,14,16). The van der Waals surface area contributed by atoms with E-state index in [0.717, 1.165) is 11.3 Å². The summed E-state index contributed by atoms with van der Waals surface area (Å²) < 4.78 is 7.48. The monoisotopic (exact) mass is 260 g/mol. The molecule has 1 aromatic heterocycles. The van der Waals surface area contributed by atoms with Crippen LogP contribution >= 0.6 is 0 Å². The maximum absolute atomic E-state index is 8.82. The maximum Gasteiger partial charge on any atom is 0.217 e. The lowest BCUT2D eigenvalue weighted by atomic mass is 10.1. The van der Waals surface area contributed by atoms with Gasteiger partial charge in [0.25, 0.3) is 0 Å². The third-order valence-electron chi connectivity index (χ3n) is 2.76. The Morgan fingerprint density at radius 3 is 2.74 bits per heavy atom. The van der Waals surface area contributed by atoms with E-state index in [1.165, 1.54) is 0 Å². The van der Waals surface area contributed by atoms with Gasteiger partial charge in [-0.05, 0) is 25.5 Å². The average molecular weight is 260 g/mol. The molecule has 0 saturated heterocycles. The van der Waals surface area contributed by atoms with Crippen LogP contribution in [-0.4, -0.2) is 20.8 Å². The SMILES string of the molecule is Cc1cc(Oc2c(C)cccc2/C(N)=N/O)n(C)n1. The highest BCUT2D eigenvalue weighted by molar-refractivity contribution is 6.00. The van der Waals surface area contributed by atoms with Gasteiger partial charge in [0.1, 0.15) is 5.75 Å². The summed E-state index contributed by atoms with van der Waals surface area (Å²) in [4.78, 5) is 0. The number of aromatic nitrogens is 2. The van der Waals surface area contributed by atoms with Crippen LogP contribution in [0.2, 0.25) is 0 Å². The van der Waals surface area contributed by atoms with Gasteiger partial charge in [0.05, 0.1) is 11.3 Å². The Bertz CT molecular complexity index is 632. The molecule has 0 unspecified atom stereocenters. The number of nitrogens with zero attached hydrogens (tertiary/aromatic N) is 3. The molecule has 3 N–H and O–H groups in total. The van der Waals surface area contributed by atoms with Crippen LogP contribution in [0.4, 0.5) is 0 Å². The molecular formula is C13H16N4O2. The van der Waals surface area contributed by atoms with Gasteiger partial charge in [-0.15, -0.1) is 0 Å². The number of aryl methyl sites for hydroxylation is 3. The number of benzene rings is 1. The molecule has 0 bridgehead atoms. The summed E-state index contributed by atoms with van der Waals surface area (Å²) in [6, 6.07) is 7.28. The van der Waals surface area contributed by atoms with E-state index < -0.39 is 0 Å². The van der Waals surface area contributed by atoms with Gasteiger partial charge in [0, 0.05) is 13.1 Å². The van der Waals surface area contributed by atoms with E-state index in [4.69, 9.17) is 15.7 Å². The predicted molar refractivity (Wildman–Crippen MR) is 71.7 cm³/mol. The van der Waals surface area contributed by atoms with E-state index in [-0.39, 0.29) is 5.84 Å². The van der Waals surface area contributed by atoms with E-state index in [0.29, 0.717) is 17.2 Å². The molecule has 19 heavy (non-hydrogen) atoms. The van der Waals surface area contributed by atoms with E-state index in [1.807, 2.05) is 32.0 Å². The van der Waals surface area contributed by atoms with Crippen molar-refractivity contribution in [2.45, 2.75) is 13.8 Å². The highest BCUT2D eigenvalue weighted by Gasteiger charge is 2.14. The summed E-state index contributed by atoms with van der Waals surface area (Å²) in [5, 5.41) is 16.1. The first-order chi connectivity index (χ1) is 9.02. The van der Waals surface area contributed by atoms with Crippen molar-refractivity contribution in [2.75, 3.05) is 0 Å². The molecule has 1 heterocycles. The number of nitrogens with two attached hydrogens (primary N) is 1. The predicted octanol–water partition coefficient (Wildman–Crippen LogP) is 1.92. The van der Waals surface area contributed by atoms with Gasteiger partial charge < -0.3 is 15.7 Å². The van der Waals surface area contributed by atoms with E-state index in [1.54, 1.807) is 17.8 Å². The zero-order chi connectivity index (χ0) is 14.0. The summed E-state index contributed by atoms with van der Waals surface area (Å²) in [6.07, 6.45) is 0. The molecule has 0 saturated carbocycles. The third kappa shape index (κ3) is 2.52. The van der Waals surface area contributed by atoms with Crippen LogP contribution in [0.5, 0.6) is 11.6 Å². The maximum atomic E-state index is 8.82. The Labute approximate surface area is 111 Å². The van der Waals surface area contributed by atoms with Gasteiger partial charge in [0.15, 0.2) is 5.84 Å². The van der Waals surface area contributed by atoms with Crippen molar-refractivity contribution in [2.24, 2.45) is 17.9 Å². The fraction of sp³-hybridized carbons (Fsp3) is 0.231. The minimum absolute atomic E-state index is 0.0117. The molecule has 0 amide bonds. The Balaban J connectivity index is 2.47. The topological polar surface area (TPSA) is 85.7 Å². The quantitative estimate of drug-likeness (QED) is 0.382. The number of rotatable bonds is 3. The second-order valence-electron chi connectivity index (χ2n) is 4.29. The molecule has 0 aliphatic carbocycles. The molecule has 0 radical (unpaired) electrons. The van der Waals surface area contributed by atoms with Crippen LogP contribution in [-0.2, 0) is 7.05 Å². The van der Waals surface area contributed by atoms with Crippen molar-refractivity contribution in [1.29, 1.82) is 0 Å². The molecule has 0 aliphatic heterocycles. The lowest BCUT2D eigenvalue weighted by Crippen LogP contribution is -2.15. The second kappa shape index (κ2) is 5.01. The van der Waals surface area contributed by atoms with Crippen LogP contribution in [0, 0.1) is 13.8 Å². The highest BCUT2D eigenvalue weighted by Crippen LogP contribution is 2.29. The molecule has 2 rings (SSSR count). The lowest BCUT2D eigenvalue weighted by Gasteiger charge is -2.12. The fourth-order valence-electron chi connectivity index (χ4n) is 1.83. The van der Waals surface area contributed by atoms with Crippen LogP contribution < -0.4 is 10.5 Å². The van der Waals surface area contributed by atoms with E-state index in [2.05, 4.69) is 10.3 Å². The summed E-state index contributed by atoms with van der Waals surface area (Å²) >= 11 is 0. The third-order valence-corrected chi connectivity index (χ3v) is 2.76. The molecular weight excluding hydrogens is 244 g/mol. The van der Waals surface area contributed by atoms with Crippen molar-refractivity contribution in [3.8, 4) is 11.6 Å². The van der Waals surface area contributed by atoms with E-state index in [9.17, 15) is 0 Å². The molecule has 100 valence electrons. The number of hydrogen-bond acceptors (Lipinski definition) is 4. The Hall–Kier alpha value is -2.50. The largest absolute Gasteiger partial charge is 0.438 e. The van der Waals surface area contributed by atoms with Gasteiger partial charge in [-0.25, -0.2) is 4.68 Å². The first-order valence-electron chi connectivity index (χ1n) is 5.79. The van der Waals surface area contributed by atoms with Crippen LogP contribution in [0.25, 0.3) is 0 Å². The minimum atomic E-state index is 0.0117. The van der Waals surface area contributed by atoms with Gasteiger partial charge in [0.2, 0.25) is 5.88 Å². The second-order valence-corrected chi connectivity index (χ2v) is 4.29. The van der Waals surface area contributed by atoms with Gasteiger partial charge in [-0.1, -0.05) is 17.3 Å². The Morgan fingerprint density at radius 1 is 1.42 bits per heavy atom. The number of amidine groups is 1.